The maximum absolute atomic E-state index is 13.0. The van der Waals surface area contributed by atoms with Gasteiger partial charge in [-0.3, -0.25) is 9.69 Å². The van der Waals surface area contributed by atoms with Crippen molar-refractivity contribution < 1.29 is 19.1 Å². The Bertz CT molecular complexity index is 711. The molecule has 0 unspecified atom stereocenters. The maximum Gasteiger partial charge on any atom is 0.411 e. The molecule has 0 aromatic heterocycles. The number of cyclic esters (lactones) is 1. The normalized spacial score (nSPS) is 40.9. The number of ether oxygens (including phenoxy) is 2. The topological polar surface area (TPSA) is 55.8 Å². The zero-order chi connectivity index (χ0) is 22.3. The van der Waals surface area contributed by atoms with Crippen LogP contribution in [0.2, 0.25) is 0 Å². The van der Waals surface area contributed by atoms with Crippen molar-refractivity contribution in [2.24, 2.45) is 29.6 Å². The Morgan fingerprint density at radius 1 is 1.06 bits per heavy atom. The first-order valence-electron chi connectivity index (χ1n) is 12.6. The van der Waals surface area contributed by atoms with Crippen molar-refractivity contribution in [3.8, 4) is 0 Å². The van der Waals surface area contributed by atoms with Crippen LogP contribution in [-0.4, -0.2) is 40.8 Å². The van der Waals surface area contributed by atoms with Crippen molar-refractivity contribution in [2.75, 3.05) is 0 Å². The fourth-order valence-electron chi connectivity index (χ4n) is 6.89. The molecule has 2 aliphatic carbocycles. The number of fused-ring (bicyclic) bond motifs is 2. The first-order chi connectivity index (χ1) is 14.7. The average Bonchev–Trinajstić information content (AvgIpc) is 2.97. The third-order valence-corrected chi connectivity index (χ3v) is 8.19. The number of esters is 1. The molecule has 174 valence electrons. The van der Waals surface area contributed by atoms with Gasteiger partial charge in [0.25, 0.3) is 0 Å². The molecule has 4 fully saturated rings. The van der Waals surface area contributed by atoms with Crippen molar-refractivity contribution >= 4 is 12.1 Å². The van der Waals surface area contributed by atoms with Crippen LogP contribution in [0.3, 0.4) is 0 Å². The Morgan fingerprint density at radius 3 is 2.55 bits per heavy atom. The summed E-state index contributed by atoms with van der Waals surface area (Å²) in [5.41, 5.74) is -0.495. The molecule has 2 saturated carbocycles. The van der Waals surface area contributed by atoms with Crippen molar-refractivity contribution in [2.45, 2.75) is 110 Å². The largest absolute Gasteiger partial charge is 0.462 e. The minimum absolute atomic E-state index is 0.0118. The van der Waals surface area contributed by atoms with Gasteiger partial charge in [0.2, 0.25) is 0 Å². The van der Waals surface area contributed by atoms with Gasteiger partial charge in [-0.1, -0.05) is 31.4 Å². The van der Waals surface area contributed by atoms with Crippen molar-refractivity contribution in [1.29, 1.82) is 0 Å². The number of likely N-dealkylation sites (tertiary alicyclic amines) is 1. The molecule has 5 heteroatoms. The van der Waals surface area contributed by atoms with Crippen LogP contribution < -0.4 is 0 Å². The van der Waals surface area contributed by atoms with Crippen LogP contribution in [-0.2, 0) is 14.3 Å². The number of nitrogens with zero attached hydrogens (tertiary/aromatic N) is 1. The Hall–Kier alpha value is -1.52. The lowest BCUT2D eigenvalue weighted by Gasteiger charge is -2.46. The number of amides is 1. The minimum atomic E-state index is -0.495. The van der Waals surface area contributed by atoms with Gasteiger partial charge < -0.3 is 9.47 Å². The van der Waals surface area contributed by atoms with Gasteiger partial charge >= 0.3 is 12.1 Å². The highest BCUT2D eigenvalue weighted by molar-refractivity contribution is 5.75. The molecule has 0 aromatic carbocycles. The molecule has 1 amide bonds. The summed E-state index contributed by atoms with van der Waals surface area (Å²) in [6.45, 7) is 9.97. The lowest BCUT2D eigenvalue weighted by atomic mass is 9.57. The number of hydrogen-bond donors (Lipinski definition) is 0. The minimum Gasteiger partial charge on any atom is -0.462 e. The van der Waals surface area contributed by atoms with E-state index in [9.17, 15) is 9.59 Å². The van der Waals surface area contributed by atoms with Gasteiger partial charge in [0.05, 0.1) is 12.0 Å². The SMILES string of the molecule is C[C@@H]1OC(=O)[C@H]2C[C@H]3CCCC[C@@H]3[C@H](/C=C/[C@H]3CCC[C@H](C)N3C(=O)OC(C)(C)C)[C@@H]12. The second-order valence-corrected chi connectivity index (χ2v) is 11.5. The summed E-state index contributed by atoms with van der Waals surface area (Å²) in [5, 5.41) is 0. The van der Waals surface area contributed by atoms with E-state index in [0.717, 1.165) is 25.7 Å². The van der Waals surface area contributed by atoms with Gasteiger partial charge in [0, 0.05) is 12.0 Å². The summed E-state index contributed by atoms with van der Waals surface area (Å²) in [6, 6.07) is 0.240. The number of carbonyl (C=O) groups excluding carboxylic acids is 2. The fourth-order valence-corrected chi connectivity index (χ4v) is 6.89. The molecular formula is C26H41NO4. The van der Waals surface area contributed by atoms with E-state index >= 15 is 0 Å². The molecule has 31 heavy (non-hydrogen) atoms. The quantitative estimate of drug-likeness (QED) is 0.414. The van der Waals surface area contributed by atoms with Crippen LogP contribution in [0.15, 0.2) is 12.2 Å². The first kappa shape index (κ1) is 22.7. The highest BCUT2D eigenvalue weighted by atomic mass is 16.6. The summed E-state index contributed by atoms with van der Waals surface area (Å²) < 4.78 is 11.5. The molecule has 0 radical (unpaired) electrons. The number of allylic oxidation sites excluding steroid dienone is 1. The number of rotatable bonds is 2. The predicted molar refractivity (Wildman–Crippen MR) is 120 cm³/mol. The molecule has 4 aliphatic rings. The second-order valence-electron chi connectivity index (χ2n) is 11.5. The van der Waals surface area contributed by atoms with Crippen LogP contribution in [0.1, 0.15) is 86.0 Å². The lowest BCUT2D eigenvalue weighted by Crippen LogP contribution is -2.50. The third kappa shape index (κ3) is 4.66. The molecule has 0 spiro atoms. The summed E-state index contributed by atoms with van der Waals surface area (Å²) in [6.07, 6.45) is 13.6. The monoisotopic (exact) mass is 431 g/mol. The number of carbonyl (C=O) groups is 2. The lowest BCUT2D eigenvalue weighted by molar-refractivity contribution is -0.144. The van der Waals surface area contributed by atoms with E-state index in [1.54, 1.807) is 0 Å². The molecule has 0 N–H and O–H groups in total. The molecule has 0 aromatic rings. The van der Waals surface area contributed by atoms with Crippen LogP contribution in [0.25, 0.3) is 0 Å². The molecule has 2 saturated heterocycles. The van der Waals surface area contributed by atoms with Gasteiger partial charge in [0.15, 0.2) is 0 Å². The van der Waals surface area contributed by atoms with Crippen molar-refractivity contribution in [1.82, 2.24) is 4.90 Å². The highest BCUT2D eigenvalue weighted by Gasteiger charge is 2.53. The van der Waals surface area contributed by atoms with E-state index < -0.39 is 5.60 Å². The summed E-state index contributed by atoms with van der Waals surface area (Å²) in [5.74, 6) is 1.98. The molecule has 0 bridgehead atoms. The van der Waals surface area contributed by atoms with Gasteiger partial charge in [-0.2, -0.15) is 0 Å². The first-order valence-corrected chi connectivity index (χ1v) is 12.6. The molecule has 5 nitrogen and oxygen atoms in total. The summed E-state index contributed by atoms with van der Waals surface area (Å²) >= 11 is 0. The molecular weight excluding hydrogens is 390 g/mol. The van der Waals surface area contributed by atoms with E-state index in [0.29, 0.717) is 17.8 Å². The smallest absolute Gasteiger partial charge is 0.411 e. The Balaban J connectivity index is 1.57. The van der Waals surface area contributed by atoms with E-state index in [-0.39, 0.29) is 42.1 Å². The van der Waals surface area contributed by atoms with Gasteiger partial charge in [0.1, 0.15) is 11.7 Å². The Labute approximate surface area is 187 Å². The van der Waals surface area contributed by atoms with Crippen LogP contribution in [0.4, 0.5) is 4.79 Å². The number of hydrogen-bond acceptors (Lipinski definition) is 4. The zero-order valence-electron chi connectivity index (χ0n) is 20.0. The van der Waals surface area contributed by atoms with Gasteiger partial charge in [-0.15, -0.1) is 0 Å². The predicted octanol–water partition coefficient (Wildman–Crippen LogP) is 5.72. The van der Waals surface area contributed by atoms with Crippen LogP contribution >= 0.6 is 0 Å². The second kappa shape index (κ2) is 8.78. The Morgan fingerprint density at radius 2 is 1.81 bits per heavy atom. The molecule has 2 heterocycles. The van der Waals surface area contributed by atoms with Crippen LogP contribution in [0, 0.1) is 29.6 Å². The zero-order valence-corrected chi connectivity index (χ0v) is 20.0. The van der Waals surface area contributed by atoms with Gasteiger partial charge in [-0.05, 0) is 84.5 Å². The fraction of sp³-hybridized carbons (Fsp3) is 0.846. The van der Waals surface area contributed by atoms with Crippen LogP contribution in [0.5, 0.6) is 0 Å². The van der Waals surface area contributed by atoms with E-state index in [1.165, 1.54) is 25.7 Å². The number of piperidine rings is 1. The molecule has 4 rings (SSSR count). The summed E-state index contributed by atoms with van der Waals surface area (Å²) in [7, 11) is 0. The highest BCUT2D eigenvalue weighted by Crippen LogP contribution is 2.53. The van der Waals surface area contributed by atoms with E-state index in [4.69, 9.17) is 9.47 Å². The maximum atomic E-state index is 13.0. The summed E-state index contributed by atoms with van der Waals surface area (Å²) in [4.78, 5) is 27.5. The van der Waals surface area contributed by atoms with E-state index in [2.05, 4.69) is 26.0 Å². The average molecular weight is 432 g/mol. The standard InChI is InChI=1S/C26H41NO4/c1-16-9-8-11-19(27(16)25(29)31-26(3,4)5)13-14-21-20-12-7-6-10-18(20)15-22-23(21)17(2)30-24(22)28/h13-14,16-23H,6-12,15H2,1-5H3/b14-13+/t16-,17-,18+,19+,20-,21-,22-,23+/m0/s1. The van der Waals surface area contributed by atoms with Gasteiger partial charge in [-0.25, -0.2) is 4.79 Å². The Kier molecular flexibility index (Phi) is 6.42. The van der Waals surface area contributed by atoms with Crippen molar-refractivity contribution in [3.63, 3.8) is 0 Å². The third-order valence-electron chi connectivity index (χ3n) is 8.19. The molecule has 8 atom stereocenters. The van der Waals surface area contributed by atoms with Crippen molar-refractivity contribution in [3.05, 3.63) is 12.2 Å². The molecule has 2 aliphatic heterocycles. The van der Waals surface area contributed by atoms with E-state index in [1.807, 2.05) is 25.7 Å².